The fourth-order valence-electron chi connectivity index (χ4n) is 2.35. The van der Waals surface area contributed by atoms with Crippen LogP contribution in [0, 0.1) is 25.5 Å². The van der Waals surface area contributed by atoms with E-state index in [1.807, 2.05) is 6.92 Å². The van der Waals surface area contributed by atoms with E-state index in [1.165, 1.54) is 18.2 Å². The van der Waals surface area contributed by atoms with E-state index in [9.17, 15) is 8.78 Å². The van der Waals surface area contributed by atoms with Crippen molar-refractivity contribution in [3.05, 3.63) is 58.7 Å². The number of aryl methyl sites for hydroxylation is 2. The van der Waals surface area contributed by atoms with Crippen molar-refractivity contribution < 1.29 is 8.78 Å². The summed E-state index contributed by atoms with van der Waals surface area (Å²) in [5.41, 5.74) is 9.34. The van der Waals surface area contributed by atoms with Crippen molar-refractivity contribution in [2.45, 2.75) is 26.8 Å². The van der Waals surface area contributed by atoms with Crippen LogP contribution in [0.2, 0.25) is 0 Å². The van der Waals surface area contributed by atoms with Crippen LogP contribution < -0.4 is 5.73 Å². The molecule has 2 aromatic carbocycles. The molecular formula is C16H17F2N. The van der Waals surface area contributed by atoms with Crippen LogP contribution in [0.15, 0.2) is 30.3 Å². The summed E-state index contributed by atoms with van der Waals surface area (Å²) in [5, 5.41) is 0. The molecule has 2 N–H and O–H groups in total. The topological polar surface area (TPSA) is 26.0 Å². The first-order valence-corrected chi connectivity index (χ1v) is 6.22. The summed E-state index contributed by atoms with van der Waals surface area (Å²) in [7, 11) is 0. The lowest BCUT2D eigenvalue weighted by atomic mass is 9.93. The van der Waals surface area contributed by atoms with E-state index in [4.69, 9.17) is 5.73 Å². The van der Waals surface area contributed by atoms with Gasteiger partial charge in [0.2, 0.25) is 0 Å². The zero-order valence-corrected chi connectivity index (χ0v) is 11.3. The van der Waals surface area contributed by atoms with E-state index in [1.54, 1.807) is 26.0 Å². The fraction of sp³-hybridized carbons (Fsp3) is 0.250. The predicted molar refractivity (Wildman–Crippen MR) is 73.9 cm³/mol. The van der Waals surface area contributed by atoms with Crippen molar-refractivity contribution in [3.63, 3.8) is 0 Å². The van der Waals surface area contributed by atoms with E-state index in [0.717, 1.165) is 22.3 Å². The molecule has 0 aliphatic carbocycles. The maximum atomic E-state index is 14.0. The van der Waals surface area contributed by atoms with Crippen LogP contribution in [0.25, 0.3) is 11.1 Å². The van der Waals surface area contributed by atoms with Crippen LogP contribution in [0.3, 0.4) is 0 Å². The van der Waals surface area contributed by atoms with Crippen LogP contribution in [-0.4, -0.2) is 0 Å². The molecule has 1 nitrogen and oxygen atoms in total. The van der Waals surface area contributed by atoms with Crippen LogP contribution in [-0.2, 0) is 0 Å². The number of hydrogen-bond donors (Lipinski definition) is 1. The maximum absolute atomic E-state index is 14.0. The first-order valence-electron chi connectivity index (χ1n) is 6.22. The lowest BCUT2D eigenvalue weighted by molar-refractivity contribution is 0.622. The first kappa shape index (κ1) is 13.7. The molecule has 100 valence electrons. The van der Waals surface area contributed by atoms with Crippen molar-refractivity contribution in [2.24, 2.45) is 5.73 Å². The van der Waals surface area contributed by atoms with E-state index in [-0.39, 0.29) is 17.7 Å². The molecule has 0 fully saturated rings. The minimum absolute atomic E-state index is 0.166. The Morgan fingerprint density at radius 2 is 1.58 bits per heavy atom. The Morgan fingerprint density at radius 1 is 1.00 bits per heavy atom. The van der Waals surface area contributed by atoms with Crippen molar-refractivity contribution >= 4 is 0 Å². The Balaban J connectivity index is 2.68. The van der Waals surface area contributed by atoms with Gasteiger partial charge in [-0.15, -0.1) is 0 Å². The summed E-state index contributed by atoms with van der Waals surface area (Å²) in [4.78, 5) is 0. The number of benzene rings is 2. The zero-order valence-electron chi connectivity index (χ0n) is 11.3. The third-order valence-electron chi connectivity index (χ3n) is 3.28. The normalized spacial score (nSPS) is 12.5. The van der Waals surface area contributed by atoms with Gasteiger partial charge < -0.3 is 5.73 Å². The van der Waals surface area contributed by atoms with Gasteiger partial charge in [0, 0.05) is 11.6 Å². The molecule has 0 aliphatic rings. The van der Waals surface area contributed by atoms with E-state index in [0.29, 0.717) is 5.56 Å². The van der Waals surface area contributed by atoms with E-state index >= 15 is 0 Å². The summed E-state index contributed by atoms with van der Waals surface area (Å²) in [6.07, 6.45) is 0. The highest BCUT2D eigenvalue weighted by molar-refractivity contribution is 5.72. The third-order valence-corrected chi connectivity index (χ3v) is 3.28. The zero-order chi connectivity index (χ0) is 14.2. The minimum atomic E-state index is -0.317. The van der Waals surface area contributed by atoms with Gasteiger partial charge in [-0.1, -0.05) is 6.07 Å². The van der Waals surface area contributed by atoms with Gasteiger partial charge in [-0.3, -0.25) is 0 Å². The SMILES string of the molecule is Cc1cc(F)cc(C)c1-c1cc(C(C)N)ccc1F. The monoisotopic (exact) mass is 261 g/mol. The van der Waals surface area contributed by atoms with Crippen LogP contribution in [0.4, 0.5) is 8.78 Å². The Bertz CT molecular complexity index is 595. The molecule has 3 heteroatoms. The first-order chi connectivity index (χ1) is 8.90. The van der Waals surface area contributed by atoms with Crippen molar-refractivity contribution in [2.75, 3.05) is 0 Å². The molecule has 0 spiro atoms. The average molecular weight is 261 g/mol. The molecule has 2 aromatic rings. The van der Waals surface area contributed by atoms with Crippen LogP contribution in [0.5, 0.6) is 0 Å². The van der Waals surface area contributed by atoms with Gasteiger partial charge in [-0.25, -0.2) is 8.78 Å². The lowest BCUT2D eigenvalue weighted by Crippen LogP contribution is -2.05. The molecule has 0 saturated heterocycles. The fourth-order valence-corrected chi connectivity index (χ4v) is 2.35. The van der Waals surface area contributed by atoms with E-state index in [2.05, 4.69) is 0 Å². The Kier molecular flexibility index (Phi) is 3.67. The quantitative estimate of drug-likeness (QED) is 0.858. The summed E-state index contributed by atoms with van der Waals surface area (Å²) in [6.45, 7) is 5.41. The Morgan fingerprint density at radius 3 is 2.11 bits per heavy atom. The highest BCUT2D eigenvalue weighted by Gasteiger charge is 2.13. The molecule has 1 unspecified atom stereocenters. The highest BCUT2D eigenvalue weighted by Crippen LogP contribution is 2.31. The summed E-state index contributed by atoms with van der Waals surface area (Å²) in [5.74, 6) is -0.621. The van der Waals surface area contributed by atoms with Crippen LogP contribution in [0.1, 0.15) is 29.7 Å². The second-order valence-corrected chi connectivity index (χ2v) is 4.94. The lowest BCUT2D eigenvalue weighted by Gasteiger charge is -2.14. The van der Waals surface area contributed by atoms with Crippen LogP contribution >= 0.6 is 0 Å². The molecule has 0 aromatic heterocycles. The largest absolute Gasteiger partial charge is 0.324 e. The minimum Gasteiger partial charge on any atom is -0.324 e. The van der Waals surface area contributed by atoms with E-state index < -0.39 is 0 Å². The highest BCUT2D eigenvalue weighted by atomic mass is 19.1. The van der Waals surface area contributed by atoms with Crippen molar-refractivity contribution in [1.29, 1.82) is 0 Å². The van der Waals surface area contributed by atoms with Gasteiger partial charge in [-0.2, -0.15) is 0 Å². The van der Waals surface area contributed by atoms with Crippen molar-refractivity contribution in [1.82, 2.24) is 0 Å². The average Bonchev–Trinajstić information content (AvgIpc) is 2.29. The Hall–Kier alpha value is -1.74. The van der Waals surface area contributed by atoms with Gasteiger partial charge in [0.15, 0.2) is 0 Å². The molecule has 2 rings (SSSR count). The molecule has 0 amide bonds. The number of nitrogens with two attached hydrogens (primary N) is 1. The Labute approximate surface area is 112 Å². The van der Waals surface area contributed by atoms with Crippen molar-refractivity contribution in [3.8, 4) is 11.1 Å². The number of hydrogen-bond acceptors (Lipinski definition) is 1. The molecule has 0 aliphatic heterocycles. The molecular weight excluding hydrogens is 244 g/mol. The number of rotatable bonds is 2. The van der Waals surface area contributed by atoms with Gasteiger partial charge in [0.05, 0.1) is 0 Å². The maximum Gasteiger partial charge on any atom is 0.131 e. The smallest absolute Gasteiger partial charge is 0.131 e. The molecule has 1 atom stereocenters. The molecule has 0 saturated carbocycles. The number of halogens is 2. The molecule has 19 heavy (non-hydrogen) atoms. The van der Waals surface area contributed by atoms with Gasteiger partial charge in [0.1, 0.15) is 11.6 Å². The second-order valence-electron chi connectivity index (χ2n) is 4.94. The van der Waals surface area contributed by atoms with Gasteiger partial charge in [0.25, 0.3) is 0 Å². The molecule has 0 radical (unpaired) electrons. The van der Waals surface area contributed by atoms with Gasteiger partial charge >= 0.3 is 0 Å². The third kappa shape index (κ3) is 2.66. The predicted octanol–water partition coefficient (Wildman–Crippen LogP) is 4.27. The molecule has 0 bridgehead atoms. The molecule has 0 heterocycles. The summed E-state index contributed by atoms with van der Waals surface area (Å²) in [6, 6.07) is 7.50. The second kappa shape index (κ2) is 5.10. The van der Waals surface area contributed by atoms with Gasteiger partial charge in [-0.05, 0) is 67.3 Å². The standard InChI is InChI=1S/C16H17F2N/c1-9-6-13(17)7-10(2)16(9)14-8-12(11(3)19)4-5-15(14)18/h4-8,11H,19H2,1-3H3. The summed E-state index contributed by atoms with van der Waals surface area (Å²) >= 11 is 0. The summed E-state index contributed by atoms with van der Waals surface area (Å²) < 4.78 is 27.4.